The number of benzene rings is 2. The molecule has 2 bridgehead atoms. The Kier molecular flexibility index (Phi) is 6.66. The zero-order valence-electron chi connectivity index (χ0n) is 18.4. The molecule has 0 aromatic heterocycles. The van der Waals surface area contributed by atoms with Crippen molar-refractivity contribution < 1.29 is 40.8 Å². The molecule has 6 heteroatoms. The molecule has 32 heavy (non-hydrogen) atoms. The Morgan fingerprint density at radius 2 is 1.34 bits per heavy atom. The highest BCUT2D eigenvalue weighted by molar-refractivity contribution is 5.85. The number of fused-ring (bicyclic) bond motifs is 5. The number of piperidine rings is 1. The van der Waals surface area contributed by atoms with Crippen molar-refractivity contribution in [3.8, 4) is 0 Å². The lowest BCUT2D eigenvalue weighted by molar-refractivity contribution is -0.938. The third-order valence-corrected chi connectivity index (χ3v) is 7.55. The first-order valence-corrected chi connectivity index (χ1v) is 10.8. The van der Waals surface area contributed by atoms with Crippen LogP contribution in [0.25, 0.3) is 0 Å². The fourth-order valence-electron chi connectivity index (χ4n) is 5.53. The number of carbonyl (C=O) groups excluding carboxylic acids is 1. The summed E-state index contributed by atoms with van der Waals surface area (Å²) in [7, 11) is 4.50. The van der Waals surface area contributed by atoms with Gasteiger partial charge < -0.3 is 36.0 Å². The van der Waals surface area contributed by atoms with Crippen molar-refractivity contribution in [3.63, 3.8) is 0 Å². The number of aryl methyl sites for hydroxylation is 2. The molecule has 0 radical (unpaired) electrons. The molecular weight excluding hydrogens is 470 g/mol. The highest BCUT2D eigenvalue weighted by Crippen LogP contribution is 2.51. The number of aliphatic hydroxyl groups is 1. The van der Waals surface area contributed by atoms with E-state index in [0.717, 1.165) is 28.5 Å². The number of quaternary nitrogens is 1. The van der Waals surface area contributed by atoms with Crippen LogP contribution in [0.4, 0.5) is 0 Å². The van der Waals surface area contributed by atoms with Crippen LogP contribution in [0.1, 0.15) is 42.5 Å². The van der Waals surface area contributed by atoms with Gasteiger partial charge in [0.1, 0.15) is 30.4 Å². The summed E-state index contributed by atoms with van der Waals surface area (Å²) in [5.41, 5.74) is 1.37. The molecule has 5 atom stereocenters. The molecule has 3 heterocycles. The van der Waals surface area contributed by atoms with Crippen LogP contribution in [0.15, 0.2) is 48.5 Å². The average molecular weight is 504 g/mol. The van der Waals surface area contributed by atoms with Gasteiger partial charge in [-0.25, -0.2) is 4.79 Å². The van der Waals surface area contributed by atoms with E-state index in [2.05, 4.69) is 14.1 Å². The van der Waals surface area contributed by atoms with Crippen molar-refractivity contribution in [1.29, 1.82) is 0 Å². The van der Waals surface area contributed by atoms with E-state index in [4.69, 9.17) is 9.47 Å². The number of rotatable bonds is 4. The second kappa shape index (κ2) is 8.56. The van der Waals surface area contributed by atoms with Gasteiger partial charge >= 0.3 is 5.97 Å². The maximum absolute atomic E-state index is 13.5. The Hall–Kier alpha value is -1.73. The minimum absolute atomic E-state index is 0. The van der Waals surface area contributed by atoms with Gasteiger partial charge in [0.15, 0.2) is 0 Å². The first-order chi connectivity index (χ1) is 14.2. The topological polar surface area (TPSA) is 59.1 Å². The zero-order chi connectivity index (χ0) is 21.3. The zero-order valence-corrected chi connectivity index (χ0v) is 20.0. The monoisotopic (exact) mass is 503 g/mol. The Balaban J connectivity index is 0.00000144. The molecule has 2 aromatic rings. The summed E-state index contributed by atoms with van der Waals surface area (Å²) < 4.78 is 12.8. The fourth-order valence-corrected chi connectivity index (χ4v) is 5.53. The maximum atomic E-state index is 13.5. The van der Waals surface area contributed by atoms with Crippen molar-refractivity contribution in [2.24, 2.45) is 0 Å². The van der Waals surface area contributed by atoms with E-state index >= 15 is 0 Å². The first-order valence-electron chi connectivity index (χ1n) is 10.8. The van der Waals surface area contributed by atoms with Gasteiger partial charge in [-0.2, -0.15) is 0 Å². The quantitative estimate of drug-likeness (QED) is 0.374. The molecule has 0 saturated carbocycles. The van der Waals surface area contributed by atoms with Crippen molar-refractivity contribution in [1.82, 2.24) is 0 Å². The molecule has 2 aromatic carbocycles. The first kappa shape index (κ1) is 24.9. The van der Waals surface area contributed by atoms with E-state index in [1.807, 2.05) is 62.4 Å². The third-order valence-electron chi connectivity index (χ3n) is 7.55. The summed E-state index contributed by atoms with van der Waals surface area (Å²) in [6, 6.07) is 15.6. The summed E-state index contributed by atoms with van der Waals surface area (Å²) in [6.45, 7) is 3.97. The van der Waals surface area contributed by atoms with Crippen molar-refractivity contribution in [2.45, 2.75) is 70.1 Å². The second-order valence-electron chi connectivity index (χ2n) is 9.77. The predicted molar refractivity (Wildman–Crippen MR) is 120 cm³/mol. The van der Waals surface area contributed by atoms with Gasteiger partial charge in [0.25, 0.3) is 0 Å². The van der Waals surface area contributed by atoms with Gasteiger partial charge in [-0.1, -0.05) is 67.1 Å². The normalized spacial score (nSPS) is 29.2. The summed E-state index contributed by atoms with van der Waals surface area (Å²) >= 11 is 0. The third kappa shape index (κ3) is 3.81. The fraction of sp³-hybridized carbons (Fsp3) is 0.500. The van der Waals surface area contributed by atoms with E-state index < -0.39 is 11.6 Å². The largest absolute Gasteiger partial charge is 1.00 e. The van der Waals surface area contributed by atoms with E-state index in [0.29, 0.717) is 35.4 Å². The molecule has 1 N–H and O–H groups in total. The molecule has 3 unspecified atom stereocenters. The van der Waals surface area contributed by atoms with Crippen LogP contribution in [-0.4, -0.2) is 60.0 Å². The lowest BCUT2D eigenvalue weighted by Gasteiger charge is -2.45. The Morgan fingerprint density at radius 1 is 0.938 bits per heavy atom. The summed E-state index contributed by atoms with van der Waals surface area (Å²) in [5, 5.41) is 11.7. The molecule has 0 amide bonds. The number of epoxide rings is 1. The standard InChI is InChI=1S/C25H30NO4.CH4.BrH/c1-15-5-9-17(10-6-15)25(28,18-11-7-16(2)8-12-18)24(27)29-19-13-20-22-23(30-22)21(14-19)26(20,3)4;;/h5-12,19-23,28H,13-14H2,1-4H3;1H4;1H/q+1;;/p-1/t19?,20-,21?,22+,23?;;/m0../s1. The number of morpholine rings is 1. The highest BCUT2D eigenvalue weighted by Gasteiger charge is 2.70. The van der Waals surface area contributed by atoms with Crippen LogP contribution in [0.5, 0.6) is 0 Å². The van der Waals surface area contributed by atoms with Gasteiger partial charge in [0, 0.05) is 12.8 Å². The summed E-state index contributed by atoms with van der Waals surface area (Å²) in [6.07, 6.45) is 1.93. The number of hydrogen-bond acceptors (Lipinski definition) is 4. The molecule has 3 aliphatic heterocycles. The van der Waals surface area contributed by atoms with E-state index in [9.17, 15) is 9.90 Å². The summed E-state index contributed by atoms with van der Waals surface area (Å²) in [4.78, 5) is 13.5. The number of nitrogens with zero attached hydrogens (tertiary/aromatic N) is 1. The van der Waals surface area contributed by atoms with Crippen LogP contribution in [0.3, 0.4) is 0 Å². The Bertz CT molecular complexity index is 907. The van der Waals surface area contributed by atoms with Crippen LogP contribution >= 0.6 is 0 Å². The minimum atomic E-state index is -1.83. The SMILES string of the molecule is C.Cc1ccc(C(O)(C(=O)OC2CC3C4O[C@@H]4[C@H](C2)[N+]3(C)C)c2ccc(C)cc2)cc1.[Br-]. The Labute approximate surface area is 201 Å². The second-order valence-corrected chi connectivity index (χ2v) is 9.77. The number of hydrogen-bond donors (Lipinski definition) is 1. The molecule has 5 rings (SSSR count). The van der Waals surface area contributed by atoms with Crippen molar-refractivity contribution in [2.75, 3.05) is 14.1 Å². The van der Waals surface area contributed by atoms with E-state index in [1.165, 1.54) is 0 Å². The lowest BCUT2D eigenvalue weighted by atomic mass is 9.85. The van der Waals surface area contributed by atoms with Gasteiger partial charge in [-0.3, -0.25) is 0 Å². The van der Waals surface area contributed by atoms with Crippen LogP contribution in [0.2, 0.25) is 0 Å². The van der Waals surface area contributed by atoms with Crippen molar-refractivity contribution >= 4 is 5.97 Å². The number of halogens is 1. The number of ether oxygens (including phenoxy) is 2. The van der Waals surface area contributed by atoms with Crippen LogP contribution < -0.4 is 17.0 Å². The maximum Gasteiger partial charge on any atom is 0.347 e. The highest BCUT2D eigenvalue weighted by atomic mass is 79.9. The van der Waals surface area contributed by atoms with Gasteiger partial charge in [-0.15, -0.1) is 0 Å². The van der Waals surface area contributed by atoms with Crippen LogP contribution in [-0.2, 0) is 19.9 Å². The number of esters is 1. The molecule has 3 fully saturated rings. The smallest absolute Gasteiger partial charge is 0.347 e. The van der Waals surface area contributed by atoms with Crippen molar-refractivity contribution in [3.05, 3.63) is 70.8 Å². The number of likely N-dealkylation sites (N-methyl/N-ethyl adjacent to an activating group) is 1. The molecule has 3 saturated heterocycles. The van der Waals surface area contributed by atoms with Crippen LogP contribution in [0, 0.1) is 13.8 Å². The molecule has 3 aliphatic rings. The van der Waals surface area contributed by atoms with Gasteiger partial charge in [-0.05, 0) is 25.0 Å². The summed E-state index contributed by atoms with van der Waals surface area (Å²) in [5.74, 6) is -0.596. The average Bonchev–Trinajstić information content (AvgIpc) is 3.47. The molecule has 0 aliphatic carbocycles. The van der Waals surface area contributed by atoms with E-state index in [1.54, 1.807) is 0 Å². The molecule has 5 nitrogen and oxygen atoms in total. The number of carbonyl (C=O) groups is 1. The molecule has 0 spiro atoms. The van der Waals surface area contributed by atoms with Gasteiger partial charge in [0.05, 0.1) is 14.1 Å². The van der Waals surface area contributed by atoms with Gasteiger partial charge in [0.2, 0.25) is 5.60 Å². The van der Waals surface area contributed by atoms with E-state index in [-0.39, 0.29) is 30.5 Å². The minimum Gasteiger partial charge on any atom is -1.00 e. The predicted octanol–water partition coefficient (Wildman–Crippen LogP) is 0.480. The lowest BCUT2D eigenvalue weighted by Crippen LogP contribution is -3.00. The Morgan fingerprint density at radius 3 is 1.75 bits per heavy atom. The molecular formula is C26H34BrNO4. The molecule has 174 valence electrons.